The van der Waals surface area contributed by atoms with Gasteiger partial charge in [-0.15, -0.1) is 11.8 Å². The van der Waals surface area contributed by atoms with Gasteiger partial charge in [-0.05, 0) is 28.8 Å². The molecule has 0 saturated carbocycles. The van der Waals surface area contributed by atoms with Gasteiger partial charge in [0.05, 0.1) is 23.8 Å². The fraction of sp³-hybridized carbons (Fsp3) is 0.185. The van der Waals surface area contributed by atoms with Crippen LogP contribution < -0.4 is 14.8 Å². The number of nitriles is 1. The molecule has 1 heterocycles. The highest BCUT2D eigenvalue weighted by Crippen LogP contribution is 2.40. The topological polar surface area (TPSA) is 71.3 Å². The van der Waals surface area contributed by atoms with Crippen molar-refractivity contribution >= 4 is 17.7 Å². The Morgan fingerprint density at radius 2 is 1.70 bits per heavy atom. The Labute approximate surface area is 198 Å². The first-order chi connectivity index (χ1) is 16.2. The van der Waals surface area contributed by atoms with Gasteiger partial charge in [-0.1, -0.05) is 66.7 Å². The second-order valence-electron chi connectivity index (χ2n) is 7.62. The Morgan fingerprint density at radius 3 is 2.36 bits per heavy atom. The molecule has 0 aromatic heterocycles. The standard InChI is InChI=1S/C27H24N2O3S/c1-31-24-13-12-21(14-25(24)32-17-19-8-4-2-5-9-19)22-15-26(30)29-27(23(22)16-28)33-18-20-10-6-3-7-11-20/h2-14,22H,15,17-18H2,1H3,(H,29,30)/t22-/m0/s1. The molecular formula is C27H24N2O3S. The molecule has 0 bridgehead atoms. The lowest BCUT2D eigenvalue weighted by Gasteiger charge is -2.25. The summed E-state index contributed by atoms with van der Waals surface area (Å²) < 4.78 is 11.5. The lowest BCUT2D eigenvalue weighted by Crippen LogP contribution is -2.30. The van der Waals surface area contributed by atoms with Crippen LogP contribution in [0.15, 0.2) is 89.5 Å². The molecule has 0 saturated heterocycles. The van der Waals surface area contributed by atoms with Crippen LogP contribution in [0.1, 0.15) is 29.0 Å². The molecule has 1 amide bonds. The van der Waals surface area contributed by atoms with E-state index in [0.717, 1.165) is 16.7 Å². The maximum atomic E-state index is 12.5. The van der Waals surface area contributed by atoms with Crippen LogP contribution in [-0.2, 0) is 17.2 Å². The number of thioether (sulfide) groups is 1. The zero-order valence-electron chi connectivity index (χ0n) is 18.3. The molecule has 5 nitrogen and oxygen atoms in total. The minimum atomic E-state index is -0.341. The third kappa shape index (κ3) is 5.57. The van der Waals surface area contributed by atoms with E-state index in [2.05, 4.69) is 11.4 Å². The Morgan fingerprint density at radius 1 is 1.00 bits per heavy atom. The lowest BCUT2D eigenvalue weighted by atomic mass is 9.87. The highest BCUT2D eigenvalue weighted by Gasteiger charge is 2.30. The lowest BCUT2D eigenvalue weighted by molar-refractivity contribution is -0.120. The monoisotopic (exact) mass is 456 g/mol. The summed E-state index contributed by atoms with van der Waals surface area (Å²) in [5, 5.41) is 13.5. The van der Waals surface area contributed by atoms with Crippen molar-refractivity contribution in [3.63, 3.8) is 0 Å². The highest BCUT2D eigenvalue weighted by molar-refractivity contribution is 8.02. The third-order valence-corrected chi connectivity index (χ3v) is 6.50. The van der Waals surface area contributed by atoms with E-state index in [1.807, 2.05) is 78.9 Å². The van der Waals surface area contributed by atoms with Crippen LogP contribution in [0.3, 0.4) is 0 Å². The number of hydrogen-bond acceptors (Lipinski definition) is 5. The molecule has 4 rings (SSSR count). The molecule has 0 radical (unpaired) electrons. The van der Waals surface area contributed by atoms with Crippen LogP contribution in [0.25, 0.3) is 0 Å². The van der Waals surface area contributed by atoms with E-state index in [9.17, 15) is 10.1 Å². The summed E-state index contributed by atoms with van der Waals surface area (Å²) in [6, 6.07) is 27.8. The van der Waals surface area contributed by atoms with Gasteiger partial charge in [0.2, 0.25) is 5.91 Å². The average Bonchev–Trinajstić information content (AvgIpc) is 2.87. The van der Waals surface area contributed by atoms with E-state index in [1.54, 1.807) is 7.11 Å². The Kier molecular flexibility index (Phi) is 7.33. The minimum Gasteiger partial charge on any atom is -0.493 e. The van der Waals surface area contributed by atoms with E-state index >= 15 is 0 Å². The molecule has 0 unspecified atom stereocenters. The highest BCUT2D eigenvalue weighted by atomic mass is 32.2. The number of carbonyl (C=O) groups excluding carboxylic acids is 1. The number of hydrogen-bond donors (Lipinski definition) is 1. The molecule has 0 aliphatic carbocycles. The van der Waals surface area contributed by atoms with E-state index < -0.39 is 0 Å². The minimum absolute atomic E-state index is 0.0999. The molecule has 3 aromatic rings. The number of nitrogens with one attached hydrogen (secondary N) is 1. The van der Waals surface area contributed by atoms with Crippen molar-refractivity contribution in [3.8, 4) is 17.6 Å². The first-order valence-electron chi connectivity index (χ1n) is 10.6. The summed E-state index contributed by atoms with van der Waals surface area (Å²) >= 11 is 1.47. The van der Waals surface area contributed by atoms with E-state index in [1.165, 1.54) is 11.8 Å². The SMILES string of the molecule is COc1ccc([C@@H]2CC(=O)NC(SCc3ccccc3)=C2C#N)cc1OCc1ccccc1. The number of ether oxygens (including phenoxy) is 2. The molecule has 1 atom stereocenters. The molecule has 6 heteroatoms. The van der Waals surface area contributed by atoms with Crippen LogP contribution in [0.5, 0.6) is 11.5 Å². The van der Waals surface area contributed by atoms with Crippen LogP contribution in [0.4, 0.5) is 0 Å². The first-order valence-corrected chi connectivity index (χ1v) is 11.6. The zero-order chi connectivity index (χ0) is 23.0. The van der Waals surface area contributed by atoms with Crippen LogP contribution >= 0.6 is 11.8 Å². The van der Waals surface area contributed by atoms with E-state index in [4.69, 9.17) is 9.47 Å². The molecule has 0 fully saturated rings. The Bertz CT molecular complexity index is 1190. The summed E-state index contributed by atoms with van der Waals surface area (Å²) in [6.07, 6.45) is 0.211. The molecule has 0 spiro atoms. The molecular weight excluding hydrogens is 432 g/mol. The molecule has 1 aliphatic rings. The normalized spacial score (nSPS) is 15.5. The largest absolute Gasteiger partial charge is 0.493 e. The van der Waals surface area contributed by atoms with Crippen LogP contribution in [0, 0.1) is 11.3 Å². The molecule has 1 aliphatic heterocycles. The van der Waals surface area contributed by atoms with Crippen LogP contribution in [-0.4, -0.2) is 13.0 Å². The number of methoxy groups -OCH3 is 1. The molecule has 1 N–H and O–H groups in total. The van der Waals surface area contributed by atoms with Gasteiger partial charge in [-0.2, -0.15) is 5.26 Å². The number of rotatable bonds is 8. The van der Waals surface area contributed by atoms with Crippen molar-refractivity contribution < 1.29 is 14.3 Å². The van der Waals surface area contributed by atoms with Crippen molar-refractivity contribution in [2.75, 3.05) is 7.11 Å². The first kappa shape index (κ1) is 22.5. The fourth-order valence-electron chi connectivity index (χ4n) is 3.71. The second-order valence-corrected chi connectivity index (χ2v) is 8.60. The number of nitrogens with zero attached hydrogens (tertiary/aromatic N) is 1. The van der Waals surface area contributed by atoms with Gasteiger partial charge in [-0.25, -0.2) is 0 Å². The number of benzene rings is 3. The van der Waals surface area contributed by atoms with Gasteiger partial charge in [0.15, 0.2) is 11.5 Å². The van der Waals surface area contributed by atoms with Crippen LogP contribution in [0.2, 0.25) is 0 Å². The van der Waals surface area contributed by atoms with Gasteiger partial charge >= 0.3 is 0 Å². The van der Waals surface area contributed by atoms with Gasteiger partial charge in [0.25, 0.3) is 0 Å². The molecule has 166 valence electrons. The summed E-state index contributed by atoms with van der Waals surface area (Å²) in [7, 11) is 1.59. The summed E-state index contributed by atoms with van der Waals surface area (Å²) in [5.41, 5.74) is 3.58. The summed E-state index contributed by atoms with van der Waals surface area (Å²) in [4.78, 5) is 12.5. The van der Waals surface area contributed by atoms with E-state index in [-0.39, 0.29) is 18.2 Å². The van der Waals surface area contributed by atoms with Crippen molar-refractivity contribution in [3.05, 3.63) is 106 Å². The second kappa shape index (κ2) is 10.8. The van der Waals surface area contributed by atoms with Gasteiger partial charge in [0.1, 0.15) is 6.61 Å². The van der Waals surface area contributed by atoms with Crippen molar-refractivity contribution in [2.45, 2.75) is 24.7 Å². The van der Waals surface area contributed by atoms with Crippen molar-refractivity contribution in [2.24, 2.45) is 0 Å². The maximum Gasteiger partial charge on any atom is 0.225 e. The maximum absolute atomic E-state index is 12.5. The third-order valence-electron chi connectivity index (χ3n) is 5.41. The fourth-order valence-corrected chi connectivity index (χ4v) is 4.74. The number of allylic oxidation sites excluding steroid dienone is 1. The summed E-state index contributed by atoms with van der Waals surface area (Å²) in [6.45, 7) is 0.394. The van der Waals surface area contributed by atoms with Crippen molar-refractivity contribution in [1.82, 2.24) is 5.32 Å². The van der Waals surface area contributed by atoms with Gasteiger partial charge in [-0.3, -0.25) is 4.79 Å². The molecule has 3 aromatic carbocycles. The zero-order valence-corrected chi connectivity index (χ0v) is 19.1. The Hall–Kier alpha value is -3.69. The molecule has 33 heavy (non-hydrogen) atoms. The van der Waals surface area contributed by atoms with Gasteiger partial charge in [0, 0.05) is 18.1 Å². The quantitative estimate of drug-likeness (QED) is 0.481. The number of amides is 1. The Balaban J connectivity index is 1.60. The predicted molar refractivity (Wildman–Crippen MR) is 130 cm³/mol. The van der Waals surface area contributed by atoms with Gasteiger partial charge < -0.3 is 14.8 Å². The predicted octanol–water partition coefficient (Wildman–Crippen LogP) is 5.55. The smallest absolute Gasteiger partial charge is 0.225 e. The van der Waals surface area contributed by atoms with E-state index in [0.29, 0.717) is 34.5 Å². The average molecular weight is 457 g/mol. The van der Waals surface area contributed by atoms with Crippen molar-refractivity contribution in [1.29, 1.82) is 5.26 Å². The summed E-state index contributed by atoms with van der Waals surface area (Å²) in [5.74, 6) is 1.42. The number of carbonyl (C=O) groups is 1.